The molecule has 39 heavy (non-hydrogen) atoms. The number of halogens is 3. The number of ether oxygens (including phenoxy) is 1. The SMILES string of the molecule is CC(=O)C12CC1C2.CCCCC(CC)c1nc(-c2ccc(OC(F)(F)F)cc2)c(C)c(N(C)/C=C(\C)CC)n1. The van der Waals surface area contributed by atoms with E-state index in [1.807, 2.05) is 18.9 Å². The summed E-state index contributed by atoms with van der Waals surface area (Å²) in [6.45, 7) is 12.1. The number of rotatable bonds is 11. The van der Waals surface area contributed by atoms with E-state index in [0.29, 0.717) is 5.78 Å². The number of ketones is 1. The van der Waals surface area contributed by atoms with Gasteiger partial charge in [-0.15, -0.1) is 13.2 Å². The fraction of sp³-hybridized carbons (Fsp3) is 0.581. The Labute approximate surface area is 230 Å². The molecule has 0 N–H and O–H groups in total. The van der Waals surface area contributed by atoms with Crippen LogP contribution in [0, 0.1) is 18.3 Å². The van der Waals surface area contributed by atoms with Gasteiger partial charge in [0, 0.05) is 35.7 Å². The molecule has 2 fully saturated rings. The van der Waals surface area contributed by atoms with Gasteiger partial charge in [0.25, 0.3) is 0 Å². The topological polar surface area (TPSA) is 55.3 Å². The molecule has 214 valence electrons. The molecule has 5 nitrogen and oxygen atoms in total. The van der Waals surface area contributed by atoms with Gasteiger partial charge in [0.15, 0.2) is 0 Å². The Morgan fingerprint density at radius 1 is 1.15 bits per heavy atom. The molecule has 2 saturated carbocycles. The largest absolute Gasteiger partial charge is 0.573 e. The summed E-state index contributed by atoms with van der Waals surface area (Å²) in [6, 6.07) is 5.88. The number of carbonyl (C=O) groups is 1. The third-order valence-corrected chi connectivity index (χ3v) is 7.95. The number of hydrogen-bond donors (Lipinski definition) is 0. The van der Waals surface area contributed by atoms with Crippen molar-refractivity contribution in [2.45, 2.75) is 98.8 Å². The van der Waals surface area contributed by atoms with Crippen LogP contribution in [0.4, 0.5) is 19.0 Å². The maximum atomic E-state index is 12.5. The van der Waals surface area contributed by atoms with Crippen molar-refractivity contribution in [3.63, 3.8) is 0 Å². The number of unbranched alkanes of at least 4 members (excludes halogenated alkanes) is 1. The smallest absolute Gasteiger partial charge is 0.406 e. The molecule has 1 heterocycles. The van der Waals surface area contributed by atoms with Gasteiger partial charge in [-0.2, -0.15) is 0 Å². The lowest BCUT2D eigenvalue weighted by Gasteiger charge is -2.23. The van der Waals surface area contributed by atoms with Crippen LogP contribution >= 0.6 is 0 Å². The summed E-state index contributed by atoms with van der Waals surface area (Å²) >= 11 is 0. The van der Waals surface area contributed by atoms with Crippen molar-refractivity contribution in [3.8, 4) is 17.0 Å². The number of benzene rings is 1. The molecule has 0 spiro atoms. The van der Waals surface area contributed by atoms with Crippen LogP contribution in [-0.2, 0) is 4.79 Å². The van der Waals surface area contributed by atoms with Gasteiger partial charge in [0.1, 0.15) is 23.2 Å². The van der Waals surface area contributed by atoms with Gasteiger partial charge in [0.2, 0.25) is 0 Å². The second-order valence-corrected chi connectivity index (χ2v) is 11.0. The van der Waals surface area contributed by atoms with Crippen molar-refractivity contribution in [1.82, 2.24) is 9.97 Å². The molecule has 1 aromatic carbocycles. The quantitative estimate of drug-likeness (QED) is 0.282. The van der Waals surface area contributed by atoms with Gasteiger partial charge in [-0.05, 0) is 83.1 Å². The molecular formula is C31H42F3N3O2. The minimum Gasteiger partial charge on any atom is -0.406 e. The van der Waals surface area contributed by atoms with Crippen LogP contribution in [0.1, 0.15) is 96.9 Å². The number of anilines is 1. The lowest BCUT2D eigenvalue weighted by Crippen LogP contribution is -2.17. The van der Waals surface area contributed by atoms with Crippen molar-refractivity contribution in [3.05, 3.63) is 47.4 Å². The lowest BCUT2D eigenvalue weighted by molar-refractivity contribution is -0.274. The van der Waals surface area contributed by atoms with Crippen LogP contribution < -0.4 is 9.64 Å². The van der Waals surface area contributed by atoms with E-state index in [2.05, 4.69) is 38.6 Å². The molecule has 2 aliphatic carbocycles. The monoisotopic (exact) mass is 545 g/mol. The van der Waals surface area contributed by atoms with Gasteiger partial charge in [-0.25, -0.2) is 9.97 Å². The second kappa shape index (κ2) is 12.5. The van der Waals surface area contributed by atoms with E-state index in [-0.39, 0.29) is 17.1 Å². The number of aromatic nitrogens is 2. The third kappa shape index (κ3) is 7.83. The summed E-state index contributed by atoms with van der Waals surface area (Å²) in [4.78, 5) is 22.4. The molecule has 0 amide bonds. The molecule has 1 aromatic heterocycles. The van der Waals surface area contributed by atoms with E-state index in [1.54, 1.807) is 19.1 Å². The summed E-state index contributed by atoms with van der Waals surface area (Å²) in [5.41, 5.74) is 3.84. The first-order valence-corrected chi connectivity index (χ1v) is 14.0. The van der Waals surface area contributed by atoms with Gasteiger partial charge in [0.05, 0.1) is 5.69 Å². The minimum atomic E-state index is -4.72. The van der Waals surface area contributed by atoms with Gasteiger partial charge < -0.3 is 9.64 Å². The summed E-state index contributed by atoms with van der Waals surface area (Å²) in [5, 5.41) is 0. The van der Waals surface area contributed by atoms with E-state index >= 15 is 0 Å². The number of hydrogen-bond acceptors (Lipinski definition) is 5. The zero-order valence-electron chi connectivity index (χ0n) is 24.3. The third-order valence-electron chi connectivity index (χ3n) is 7.95. The summed E-state index contributed by atoms with van der Waals surface area (Å²) in [5.74, 6) is 2.83. The number of carbonyl (C=O) groups excluding carboxylic acids is 1. The molecular weight excluding hydrogens is 503 g/mol. The van der Waals surface area contributed by atoms with E-state index < -0.39 is 6.36 Å². The van der Waals surface area contributed by atoms with E-state index in [9.17, 15) is 18.0 Å². The van der Waals surface area contributed by atoms with Crippen LogP contribution in [0.5, 0.6) is 5.75 Å². The number of alkyl halides is 3. The van der Waals surface area contributed by atoms with Crippen molar-refractivity contribution in [1.29, 1.82) is 0 Å². The molecule has 1 atom stereocenters. The highest BCUT2D eigenvalue weighted by Crippen LogP contribution is 2.75. The Balaban J connectivity index is 0.000000509. The number of fused-ring (bicyclic) bond motifs is 1. The van der Waals surface area contributed by atoms with Gasteiger partial charge >= 0.3 is 6.36 Å². The zero-order valence-corrected chi connectivity index (χ0v) is 24.3. The summed E-state index contributed by atoms with van der Waals surface area (Å²) < 4.78 is 41.6. The average Bonchev–Trinajstić information content (AvgIpc) is 3.76. The van der Waals surface area contributed by atoms with Crippen molar-refractivity contribution in [2.24, 2.45) is 11.3 Å². The molecule has 2 aromatic rings. The Hall–Kier alpha value is -2.90. The van der Waals surface area contributed by atoms with Crippen LogP contribution in [0.3, 0.4) is 0 Å². The predicted molar refractivity (Wildman–Crippen MR) is 150 cm³/mol. The zero-order chi connectivity index (χ0) is 29.0. The van der Waals surface area contributed by atoms with E-state index in [0.717, 1.165) is 66.5 Å². The van der Waals surface area contributed by atoms with E-state index in [4.69, 9.17) is 9.97 Å². The highest BCUT2D eigenvalue weighted by atomic mass is 19.4. The van der Waals surface area contributed by atoms with Gasteiger partial charge in [-0.3, -0.25) is 4.79 Å². The van der Waals surface area contributed by atoms with Crippen molar-refractivity contribution < 1.29 is 22.7 Å². The molecule has 0 bridgehead atoms. The Morgan fingerprint density at radius 2 is 1.77 bits per heavy atom. The predicted octanol–water partition coefficient (Wildman–Crippen LogP) is 8.77. The first-order valence-electron chi connectivity index (χ1n) is 14.0. The van der Waals surface area contributed by atoms with Crippen LogP contribution in [-0.4, -0.2) is 29.2 Å². The molecule has 0 saturated heterocycles. The first kappa shape index (κ1) is 30.6. The molecule has 2 aliphatic rings. The highest BCUT2D eigenvalue weighted by molar-refractivity contribution is 5.89. The lowest BCUT2D eigenvalue weighted by atomic mass is 9.97. The van der Waals surface area contributed by atoms with Crippen LogP contribution in [0.25, 0.3) is 11.3 Å². The molecule has 8 heteroatoms. The Bertz CT molecular complexity index is 1170. The average molecular weight is 546 g/mol. The highest BCUT2D eigenvalue weighted by Gasteiger charge is 2.72. The van der Waals surface area contributed by atoms with Crippen molar-refractivity contribution >= 4 is 11.6 Å². The second-order valence-electron chi connectivity index (χ2n) is 11.0. The van der Waals surface area contributed by atoms with Crippen molar-refractivity contribution in [2.75, 3.05) is 11.9 Å². The number of allylic oxidation sites excluding steroid dienone is 1. The maximum absolute atomic E-state index is 12.5. The molecule has 4 rings (SSSR count). The van der Waals surface area contributed by atoms with E-state index in [1.165, 1.54) is 30.5 Å². The van der Waals surface area contributed by atoms with Crippen LogP contribution in [0.15, 0.2) is 36.0 Å². The van der Waals surface area contributed by atoms with Crippen LogP contribution in [0.2, 0.25) is 0 Å². The standard InChI is InChI=1S/C25H34F3N3O.C6H8O/c1-7-10-11-19(9-3)23-29-22(18(5)24(30-23)31(6)16-17(4)8-2)20-12-14-21(15-13-20)32-25(26,27)28;1-4(7)6-2-5(6)3-6/h12-16,19H,7-11H2,1-6H3;5H,2-3H2,1H3/b17-16+;. The summed E-state index contributed by atoms with van der Waals surface area (Å²) in [6.07, 6.45) is 4.82. The Kier molecular flexibility index (Phi) is 9.83. The normalized spacial score (nSPS) is 20.4. The van der Waals surface area contributed by atoms with Gasteiger partial charge in [-0.1, -0.05) is 39.2 Å². The first-order chi connectivity index (χ1) is 18.3. The number of nitrogens with zero attached hydrogens (tertiary/aromatic N) is 3. The molecule has 0 aliphatic heterocycles. The fourth-order valence-corrected chi connectivity index (χ4v) is 4.87. The molecule has 1 unspecified atom stereocenters. The summed E-state index contributed by atoms with van der Waals surface area (Å²) in [7, 11) is 1.97. The fourth-order valence-electron chi connectivity index (χ4n) is 4.87. The maximum Gasteiger partial charge on any atom is 0.573 e. The number of Topliss-reactive ketones (excluding diaryl/α,β-unsaturated/α-hetero) is 1. The Morgan fingerprint density at radius 3 is 2.21 bits per heavy atom. The minimum absolute atomic E-state index is 0.227. The molecule has 0 radical (unpaired) electrons.